The predicted octanol–water partition coefficient (Wildman–Crippen LogP) is 6.38. The van der Waals surface area contributed by atoms with Crippen LogP contribution in [0.2, 0.25) is 5.02 Å². The monoisotopic (exact) mass is 608 g/mol. The topological polar surface area (TPSA) is 78.7 Å². The summed E-state index contributed by atoms with van der Waals surface area (Å²) < 4.78 is 0. The van der Waals surface area contributed by atoms with Gasteiger partial charge in [-0.3, -0.25) is 14.5 Å². The van der Waals surface area contributed by atoms with Gasteiger partial charge < -0.3 is 16.0 Å². The average molecular weight is 609 g/mol. The molecule has 4 aromatic rings. The molecular formula is C37H41ClN4O2. The fourth-order valence-corrected chi connectivity index (χ4v) is 6.28. The van der Waals surface area contributed by atoms with Gasteiger partial charge in [0.25, 0.3) is 0 Å². The number of nitrogens with one attached hydrogen (secondary N) is 1. The van der Waals surface area contributed by atoms with Crippen LogP contribution < -0.4 is 11.1 Å². The Hall–Kier alpha value is -3.97. The predicted molar refractivity (Wildman–Crippen MR) is 178 cm³/mol. The maximum Gasteiger partial charge on any atom is 0.234 e. The number of nitrogens with zero attached hydrogens (tertiary/aromatic N) is 2. The summed E-state index contributed by atoms with van der Waals surface area (Å²) in [5, 5.41) is 3.55. The molecule has 228 valence electrons. The van der Waals surface area contributed by atoms with Gasteiger partial charge >= 0.3 is 0 Å². The molecule has 1 aliphatic rings. The van der Waals surface area contributed by atoms with Gasteiger partial charge in [0.2, 0.25) is 11.8 Å². The Balaban J connectivity index is 1.38. The van der Waals surface area contributed by atoms with Crippen LogP contribution in [-0.2, 0) is 29.1 Å². The lowest BCUT2D eigenvalue weighted by molar-refractivity contribution is -0.136. The largest absolute Gasteiger partial charge is 0.351 e. The Morgan fingerprint density at radius 2 is 1.61 bits per heavy atom. The molecule has 5 rings (SSSR count). The lowest BCUT2D eigenvalue weighted by Crippen LogP contribution is -2.48. The zero-order chi connectivity index (χ0) is 30.9. The highest BCUT2D eigenvalue weighted by molar-refractivity contribution is 6.30. The van der Waals surface area contributed by atoms with Crippen LogP contribution in [0.15, 0.2) is 103 Å². The van der Waals surface area contributed by atoms with Crippen molar-refractivity contribution >= 4 is 23.4 Å². The number of piperidine rings is 1. The fraction of sp³-hybridized carbons (Fsp3) is 0.297. The molecule has 1 saturated heterocycles. The highest BCUT2D eigenvalue weighted by Gasteiger charge is 2.32. The van der Waals surface area contributed by atoms with Crippen molar-refractivity contribution in [2.24, 2.45) is 5.73 Å². The summed E-state index contributed by atoms with van der Waals surface area (Å²) in [5.74, 6) is -0.0662. The SMILES string of the molecule is CC(c1cccc(-c2ccccc2CNC(=O)CN)c1)N(C(=O)Cc1ccc(Cl)cc1)C1CCN(Cc2ccccc2)CC1. The van der Waals surface area contributed by atoms with Crippen LogP contribution >= 0.6 is 11.6 Å². The summed E-state index contributed by atoms with van der Waals surface area (Å²) in [6, 6.07) is 34.7. The van der Waals surface area contributed by atoms with Crippen molar-refractivity contribution in [3.05, 3.63) is 130 Å². The van der Waals surface area contributed by atoms with Crippen molar-refractivity contribution in [2.75, 3.05) is 19.6 Å². The third kappa shape index (κ3) is 8.14. The Bertz CT molecular complexity index is 1530. The van der Waals surface area contributed by atoms with Crippen molar-refractivity contribution in [1.82, 2.24) is 15.1 Å². The lowest BCUT2D eigenvalue weighted by atomic mass is 9.93. The molecule has 1 fully saturated rings. The van der Waals surface area contributed by atoms with Crippen LogP contribution in [0.3, 0.4) is 0 Å². The van der Waals surface area contributed by atoms with E-state index in [2.05, 4.69) is 82.7 Å². The van der Waals surface area contributed by atoms with Crippen LogP contribution in [0, 0.1) is 0 Å². The number of hydrogen-bond acceptors (Lipinski definition) is 4. The van der Waals surface area contributed by atoms with E-state index in [0.29, 0.717) is 18.0 Å². The number of nitrogens with two attached hydrogens (primary N) is 1. The summed E-state index contributed by atoms with van der Waals surface area (Å²) in [6.07, 6.45) is 2.18. The van der Waals surface area contributed by atoms with Gasteiger partial charge in [0.05, 0.1) is 19.0 Å². The van der Waals surface area contributed by atoms with Gasteiger partial charge in [-0.15, -0.1) is 0 Å². The minimum atomic E-state index is -0.188. The molecule has 2 amide bonds. The van der Waals surface area contributed by atoms with E-state index in [1.807, 2.05) is 42.5 Å². The van der Waals surface area contributed by atoms with E-state index in [-0.39, 0.29) is 30.4 Å². The third-order valence-electron chi connectivity index (χ3n) is 8.53. The van der Waals surface area contributed by atoms with Crippen molar-refractivity contribution in [3.8, 4) is 11.1 Å². The number of carbonyl (C=O) groups excluding carboxylic acids is 2. The second kappa shape index (κ2) is 15.2. The summed E-state index contributed by atoms with van der Waals surface area (Å²) in [7, 11) is 0. The zero-order valence-electron chi connectivity index (χ0n) is 25.3. The molecule has 7 heteroatoms. The molecule has 1 heterocycles. The van der Waals surface area contributed by atoms with Gasteiger partial charge in [0.1, 0.15) is 0 Å². The quantitative estimate of drug-likeness (QED) is 0.207. The van der Waals surface area contributed by atoms with Gasteiger partial charge in [-0.25, -0.2) is 0 Å². The number of likely N-dealkylation sites (tertiary alicyclic amines) is 1. The summed E-state index contributed by atoms with van der Waals surface area (Å²) in [6.45, 7) is 5.31. The van der Waals surface area contributed by atoms with Crippen molar-refractivity contribution in [2.45, 2.75) is 51.4 Å². The van der Waals surface area contributed by atoms with Crippen LogP contribution in [0.1, 0.15) is 48.1 Å². The highest BCUT2D eigenvalue weighted by Crippen LogP contribution is 2.32. The third-order valence-corrected chi connectivity index (χ3v) is 8.78. The molecule has 6 nitrogen and oxygen atoms in total. The summed E-state index contributed by atoms with van der Waals surface area (Å²) >= 11 is 6.13. The van der Waals surface area contributed by atoms with E-state index in [1.165, 1.54) is 5.56 Å². The highest BCUT2D eigenvalue weighted by atomic mass is 35.5. The molecule has 0 bridgehead atoms. The first-order valence-corrected chi connectivity index (χ1v) is 15.8. The number of carbonyl (C=O) groups is 2. The summed E-state index contributed by atoms with van der Waals surface area (Å²) in [5.41, 5.74) is 12.0. The second-order valence-electron chi connectivity index (χ2n) is 11.5. The Kier molecular flexibility index (Phi) is 10.8. The first-order chi connectivity index (χ1) is 21.4. The minimum Gasteiger partial charge on any atom is -0.351 e. The van der Waals surface area contributed by atoms with Gasteiger partial charge in [-0.2, -0.15) is 0 Å². The average Bonchev–Trinajstić information content (AvgIpc) is 3.06. The second-order valence-corrected chi connectivity index (χ2v) is 12.0. The molecule has 1 aliphatic heterocycles. The molecule has 1 unspecified atom stereocenters. The molecule has 0 radical (unpaired) electrons. The molecule has 4 aromatic carbocycles. The fourth-order valence-electron chi connectivity index (χ4n) is 6.15. The molecule has 3 N–H and O–H groups in total. The first kappa shape index (κ1) is 31.5. The van der Waals surface area contributed by atoms with Crippen molar-refractivity contribution in [1.29, 1.82) is 0 Å². The van der Waals surface area contributed by atoms with E-state index in [1.54, 1.807) is 0 Å². The van der Waals surface area contributed by atoms with Gasteiger partial charge in [0, 0.05) is 37.2 Å². The summed E-state index contributed by atoms with van der Waals surface area (Å²) in [4.78, 5) is 30.6. The molecule has 0 spiro atoms. The van der Waals surface area contributed by atoms with Crippen LogP contribution in [0.25, 0.3) is 11.1 Å². The van der Waals surface area contributed by atoms with Gasteiger partial charge in [-0.1, -0.05) is 96.5 Å². The number of benzene rings is 4. The molecule has 0 aromatic heterocycles. The Labute approximate surface area is 265 Å². The molecule has 1 atom stereocenters. The standard InChI is InChI=1S/C37H41ClN4O2/c1-27(30-11-7-12-31(23-30)35-13-6-5-10-32(35)25-40-36(43)24-39)42(37(44)22-28-14-16-33(38)17-15-28)34-18-20-41(21-19-34)26-29-8-3-2-4-9-29/h2-17,23,27,34H,18-22,24-26,39H2,1H3,(H,40,43). The van der Waals surface area contributed by atoms with Crippen molar-refractivity contribution in [3.63, 3.8) is 0 Å². The van der Waals surface area contributed by atoms with Crippen LogP contribution in [0.4, 0.5) is 0 Å². The molecule has 0 aliphatic carbocycles. The Morgan fingerprint density at radius 3 is 2.34 bits per heavy atom. The normalized spacial score (nSPS) is 14.6. The van der Waals surface area contributed by atoms with E-state index in [0.717, 1.165) is 60.3 Å². The van der Waals surface area contributed by atoms with Crippen molar-refractivity contribution < 1.29 is 9.59 Å². The lowest BCUT2D eigenvalue weighted by Gasteiger charge is -2.42. The minimum absolute atomic E-state index is 0.0414. The molecule has 44 heavy (non-hydrogen) atoms. The number of rotatable bonds is 11. The van der Waals surface area contributed by atoms with E-state index in [4.69, 9.17) is 17.3 Å². The number of amides is 2. The van der Waals surface area contributed by atoms with Gasteiger partial charge in [0.15, 0.2) is 0 Å². The zero-order valence-corrected chi connectivity index (χ0v) is 26.0. The number of halogens is 1. The van der Waals surface area contributed by atoms with E-state index < -0.39 is 0 Å². The first-order valence-electron chi connectivity index (χ1n) is 15.4. The maximum atomic E-state index is 14.1. The maximum absolute atomic E-state index is 14.1. The van der Waals surface area contributed by atoms with Gasteiger partial charge in [-0.05, 0) is 71.3 Å². The molecule has 0 saturated carbocycles. The van der Waals surface area contributed by atoms with E-state index >= 15 is 0 Å². The van der Waals surface area contributed by atoms with Crippen LogP contribution in [0.5, 0.6) is 0 Å². The Morgan fingerprint density at radius 1 is 0.909 bits per heavy atom. The smallest absolute Gasteiger partial charge is 0.234 e. The van der Waals surface area contributed by atoms with Crippen LogP contribution in [-0.4, -0.2) is 47.3 Å². The molecular weight excluding hydrogens is 568 g/mol. The van der Waals surface area contributed by atoms with E-state index in [9.17, 15) is 9.59 Å². The number of hydrogen-bond donors (Lipinski definition) is 2.